The summed E-state index contributed by atoms with van der Waals surface area (Å²) in [5.41, 5.74) is 2.33. The molecule has 1 aliphatic rings. The van der Waals surface area contributed by atoms with Gasteiger partial charge in [-0.3, -0.25) is 4.79 Å². The highest BCUT2D eigenvalue weighted by Gasteiger charge is 2.31. The fraction of sp³-hybridized carbons (Fsp3) is 0.353. The molecule has 0 saturated carbocycles. The third-order valence-electron chi connectivity index (χ3n) is 4.27. The number of piperidine rings is 1. The van der Waals surface area contributed by atoms with Gasteiger partial charge in [0.05, 0.1) is 6.04 Å². The van der Waals surface area contributed by atoms with Crippen molar-refractivity contribution in [2.45, 2.75) is 32.2 Å². The number of thiazole rings is 1. The van der Waals surface area contributed by atoms with Crippen LogP contribution < -0.4 is 0 Å². The van der Waals surface area contributed by atoms with Crippen LogP contribution in [0.5, 0.6) is 0 Å². The van der Waals surface area contributed by atoms with E-state index in [1.165, 1.54) is 0 Å². The Hall–Kier alpha value is -2.21. The van der Waals surface area contributed by atoms with Crippen molar-refractivity contribution in [1.29, 1.82) is 0 Å². The van der Waals surface area contributed by atoms with Crippen LogP contribution in [0.4, 0.5) is 0 Å². The Balaban J connectivity index is 1.67. The third-order valence-corrected chi connectivity index (χ3v) is 5.33. The lowest BCUT2D eigenvalue weighted by atomic mass is 10.0. The molecule has 1 atom stereocenters. The molecule has 4 rings (SSSR count). The number of carbonyl (C=O) groups is 1. The number of nitrogens with zero attached hydrogens (tertiary/aromatic N) is 4. The van der Waals surface area contributed by atoms with E-state index in [2.05, 4.69) is 15.3 Å². The molecule has 6 heteroatoms. The van der Waals surface area contributed by atoms with Gasteiger partial charge in [-0.25, -0.2) is 9.97 Å². The number of fused-ring (bicyclic) bond motifs is 1. The van der Waals surface area contributed by atoms with Crippen molar-refractivity contribution in [2.75, 3.05) is 6.54 Å². The molecular formula is C17H18N4OS. The predicted molar refractivity (Wildman–Crippen MR) is 89.7 cm³/mol. The van der Waals surface area contributed by atoms with E-state index < -0.39 is 0 Å². The van der Waals surface area contributed by atoms with Crippen LogP contribution in [0.1, 0.15) is 46.5 Å². The van der Waals surface area contributed by atoms with Crippen molar-refractivity contribution < 1.29 is 4.79 Å². The summed E-state index contributed by atoms with van der Waals surface area (Å²) in [7, 11) is 0. The number of carbonyl (C=O) groups excluding carboxylic acids is 1. The number of likely N-dealkylation sites (tertiary alicyclic amines) is 1. The summed E-state index contributed by atoms with van der Waals surface area (Å²) in [4.78, 5) is 24.0. The van der Waals surface area contributed by atoms with Gasteiger partial charge in [0, 0.05) is 30.0 Å². The highest BCUT2D eigenvalue weighted by Crippen LogP contribution is 2.33. The molecule has 5 nitrogen and oxygen atoms in total. The Morgan fingerprint density at radius 3 is 3.00 bits per heavy atom. The van der Waals surface area contributed by atoms with Crippen LogP contribution in [0.25, 0.3) is 5.65 Å². The van der Waals surface area contributed by atoms with E-state index in [0.29, 0.717) is 5.69 Å². The van der Waals surface area contributed by atoms with Gasteiger partial charge in [-0.05, 0) is 38.3 Å². The van der Waals surface area contributed by atoms with Crippen LogP contribution in [0.3, 0.4) is 0 Å². The van der Waals surface area contributed by atoms with Gasteiger partial charge >= 0.3 is 0 Å². The minimum atomic E-state index is 0.00579. The molecule has 0 aliphatic carbocycles. The van der Waals surface area contributed by atoms with Crippen LogP contribution in [0, 0.1) is 6.92 Å². The summed E-state index contributed by atoms with van der Waals surface area (Å²) in [5.74, 6) is 0.00579. The van der Waals surface area contributed by atoms with Gasteiger partial charge in [-0.2, -0.15) is 0 Å². The van der Waals surface area contributed by atoms with Crippen molar-refractivity contribution in [1.82, 2.24) is 19.3 Å². The molecule has 118 valence electrons. The van der Waals surface area contributed by atoms with Gasteiger partial charge in [0.25, 0.3) is 5.91 Å². The zero-order valence-corrected chi connectivity index (χ0v) is 13.8. The molecule has 4 heterocycles. The minimum absolute atomic E-state index is 0.00579. The van der Waals surface area contributed by atoms with Crippen molar-refractivity contribution in [3.63, 3.8) is 0 Å². The van der Waals surface area contributed by atoms with E-state index in [0.717, 1.165) is 42.2 Å². The van der Waals surface area contributed by atoms with Gasteiger partial charge in [-0.1, -0.05) is 6.07 Å². The molecule has 23 heavy (non-hydrogen) atoms. The average molecular weight is 326 g/mol. The Morgan fingerprint density at radius 2 is 2.22 bits per heavy atom. The molecule has 3 aromatic heterocycles. The van der Waals surface area contributed by atoms with E-state index in [-0.39, 0.29) is 11.9 Å². The molecule has 0 N–H and O–H groups in total. The average Bonchev–Trinajstić information content (AvgIpc) is 3.20. The molecule has 1 fully saturated rings. The monoisotopic (exact) mass is 326 g/mol. The van der Waals surface area contributed by atoms with Gasteiger partial charge in [-0.15, -0.1) is 11.3 Å². The van der Waals surface area contributed by atoms with Gasteiger partial charge in [0.15, 0.2) is 0 Å². The lowest BCUT2D eigenvalue weighted by Gasteiger charge is -2.34. The van der Waals surface area contributed by atoms with Crippen LogP contribution in [-0.4, -0.2) is 31.7 Å². The number of pyridine rings is 1. The number of hydrogen-bond acceptors (Lipinski definition) is 4. The van der Waals surface area contributed by atoms with Crippen LogP contribution in [0.2, 0.25) is 0 Å². The lowest BCUT2D eigenvalue weighted by molar-refractivity contribution is 0.0605. The maximum Gasteiger partial charge on any atom is 0.274 e. The van der Waals surface area contributed by atoms with E-state index in [1.54, 1.807) is 11.3 Å². The van der Waals surface area contributed by atoms with Crippen molar-refractivity contribution in [3.8, 4) is 0 Å². The maximum absolute atomic E-state index is 13.0. The number of rotatable bonds is 2. The van der Waals surface area contributed by atoms with E-state index in [9.17, 15) is 4.79 Å². The highest BCUT2D eigenvalue weighted by atomic mass is 32.1. The zero-order valence-electron chi connectivity index (χ0n) is 13.0. The Morgan fingerprint density at radius 1 is 1.30 bits per heavy atom. The summed E-state index contributed by atoms with van der Waals surface area (Å²) in [6.07, 6.45) is 6.89. The van der Waals surface area contributed by atoms with E-state index >= 15 is 0 Å². The molecule has 1 aliphatic heterocycles. The summed E-state index contributed by atoms with van der Waals surface area (Å²) in [6.45, 7) is 2.77. The highest BCUT2D eigenvalue weighted by molar-refractivity contribution is 7.09. The summed E-state index contributed by atoms with van der Waals surface area (Å²) in [6, 6.07) is 5.86. The number of aryl methyl sites for hydroxylation is 1. The second-order valence-corrected chi connectivity index (χ2v) is 6.82. The molecule has 0 spiro atoms. The Kier molecular flexibility index (Phi) is 3.61. The smallest absolute Gasteiger partial charge is 0.274 e. The van der Waals surface area contributed by atoms with Gasteiger partial charge in [0.1, 0.15) is 16.3 Å². The first kappa shape index (κ1) is 14.4. The van der Waals surface area contributed by atoms with E-state index in [1.807, 2.05) is 46.8 Å². The number of amides is 1. The topological polar surface area (TPSA) is 50.5 Å². The van der Waals surface area contributed by atoms with E-state index in [4.69, 9.17) is 0 Å². The van der Waals surface area contributed by atoms with Crippen LogP contribution >= 0.6 is 11.3 Å². The Bertz CT molecular complexity index is 820. The standard InChI is InChI=1S/C17H18N4OS/c1-12-11-23-16(18-12)14-6-2-5-9-21(14)17(22)13-10-20-8-4-3-7-15(20)19-13/h3-4,7-8,10-11,14H,2,5-6,9H2,1H3/t14-/m1/s1. The molecule has 0 bridgehead atoms. The number of aromatic nitrogens is 3. The van der Waals surface area contributed by atoms with Crippen molar-refractivity contribution in [3.05, 3.63) is 52.4 Å². The molecular weight excluding hydrogens is 308 g/mol. The first-order valence-corrected chi connectivity index (χ1v) is 8.77. The molecule has 3 aromatic rings. The first-order chi connectivity index (χ1) is 11.2. The van der Waals surface area contributed by atoms with Crippen molar-refractivity contribution in [2.24, 2.45) is 0 Å². The zero-order chi connectivity index (χ0) is 15.8. The second kappa shape index (κ2) is 5.77. The molecule has 1 amide bonds. The van der Waals surface area contributed by atoms with Gasteiger partial charge in [0.2, 0.25) is 0 Å². The molecule has 0 radical (unpaired) electrons. The van der Waals surface area contributed by atoms with Crippen molar-refractivity contribution >= 4 is 22.9 Å². The Labute approximate surface area is 138 Å². The molecule has 1 saturated heterocycles. The molecule has 0 unspecified atom stereocenters. The SMILES string of the molecule is Cc1csc([C@H]2CCCCN2C(=O)c2cn3ccccc3n2)n1. The van der Waals surface area contributed by atoms with Gasteiger partial charge < -0.3 is 9.30 Å². The quantitative estimate of drug-likeness (QED) is 0.724. The predicted octanol–water partition coefficient (Wildman–Crippen LogP) is 3.47. The summed E-state index contributed by atoms with van der Waals surface area (Å²) >= 11 is 1.65. The minimum Gasteiger partial charge on any atom is -0.328 e. The maximum atomic E-state index is 13.0. The summed E-state index contributed by atoms with van der Waals surface area (Å²) in [5, 5.41) is 3.09. The third kappa shape index (κ3) is 2.63. The lowest BCUT2D eigenvalue weighted by Crippen LogP contribution is -2.38. The normalized spacial score (nSPS) is 18.5. The fourth-order valence-corrected chi connectivity index (χ4v) is 4.08. The largest absolute Gasteiger partial charge is 0.328 e. The number of hydrogen-bond donors (Lipinski definition) is 0. The second-order valence-electron chi connectivity index (χ2n) is 5.93. The fourth-order valence-electron chi connectivity index (χ4n) is 3.14. The van der Waals surface area contributed by atoms with Crippen LogP contribution in [-0.2, 0) is 0 Å². The number of imidazole rings is 1. The summed E-state index contributed by atoms with van der Waals surface area (Å²) < 4.78 is 1.89. The van der Waals surface area contributed by atoms with Crippen LogP contribution in [0.15, 0.2) is 36.0 Å². The molecule has 0 aromatic carbocycles. The first-order valence-electron chi connectivity index (χ1n) is 7.89.